The Morgan fingerprint density at radius 2 is 2.06 bits per heavy atom. The zero-order valence-electron chi connectivity index (χ0n) is 10.5. The fraction of sp³-hybridized carbons (Fsp3) is 0.462. The van der Waals surface area contributed by atoms with Crippen molar-refractivity contribution < 1.29 is 4.79 Å². The lowest BCUT2D eigenvalue weighted by molar-refractivity contribution is 0.0662. The van der Waals surface area contributed by atoms with Gasteiger partial charge in [-0.05, 0) is 24.7 Å². The quantitative estimate of drug-likeness (QED) is 0.839. The van der Waals surface area contributed by atoms with Crippen LogP contribution in [0.5, 0.6) is 0 Å². The summed E-state index contributed by atoms with van der Waals surface area (Å²) in [5.74, 6) is 0.363. The molecule has 0 bridgehead atoms. The Bertz CT molecular complexity index is 416. The van der Waals surface area contributed by atoms with E-state index in [-0.39, 0.29) is 5.91 Å². The maximum Gasteiger partial charge on any atom is 0.265 e. The summed E-state index contributed by atoms with van der Waals surface area (Å²) in [6.07, 6.45) is 0. The molecular formula is C13H18ClN3O. The van der Waals surface area contributed by atoms with Crippen LogP contribution in [0.25, 0.3) is 0 Å². The Morgan fingerprint density at radius 1 is 1.33 bits per heavy atom. The maximum absolute atomic E-state index is 12.1. The van der Waals surface area contributed by atoms with E-state index in [9.17, 15) is 4.79 Å². The number of piperazine rings is 1. The van der Waals surface area contributed by atoms with Gasteiger partial charge in [-0.2, -0.15) is 0 Å². The number of hydrogen-bond donors (Lipinski definition) is 1. The highest BCUT2D eigenvalue weighted by Gasteiger charge is 2.16. The molecule has 0 saturated carbocycles. The van der Waals surface area contributed by atoms with Gasteiger partial charge >= 0.3 is 0 Å². The minimum Gasteiger partial charge on any atom is -0.304 e. The van der Waals surface area contributed by atoms with E-state index < -0.39 is 0 Å². The second-order valence-electron chi connectivity index (χ2n) is 4.57. The predicted octanol–water partition coefficient (Wildman–Crippen LogP) is 1.32. The average molecular weight is 268 g/mol. The minimum atomic E-state index is -0.0634. The molecule has 1 N–H and O–H groups in total. The van der Waals surface area contributed by atoms with E-state index in [4.69, 9.17) is 11.6 Å². The first-order valence-corrected chi connectivity index (χ1v) is 6.62. The first-order valence-electron chi connectivity index (χ1n) is 6.08. The van der Waals surface area contributed by atoms with Crippen LogP contribution in [0.1, 0.15) is 15.9 Å². The molecule has 0 spiro atoms. The lowest BCUT2D eigenvalue weighted by atomic mass is 10.1. The third kappa shape index (κ3) is 3.45. The first-order chi connectivity index (χ1) is 8.69. The number of carbonyl (C=O) groups excluding carboxylic acids is 1. The number of hydrogen-bond acceptors (Lipinski definition) is 3. The summed E-state index contributed by atoms with van der Waals surface area (Å²) in [5.41, 5.74) is 4.55. The molecule has 0 aromatic heterocycles. The summed E-state index contributed by atoms with van der Waals surface area (Å²) in [4.78, 5) is 14.3. The van der Waals surface area contributed by atoms with E-state index >= 15 is 0 Å². The molecular weight excluding hydrogens is 250 g/mol. The summed E-state index contributed by atoms with van der Waals surface area (Å²) in [5, 5.41) is 1.97. The molecule has 0 atom stereocenters. The number of carbonyl (C=O) groups is 1. The highest BCUT2D eigenvalue weighted by atomic mass is 35.5. The molecule has 2 rings (SSSR count). The molecule has 1 aromatic carbocycles. The van der Waals surface area contributed by atoms with Crippen molar-refractivity contribution in [2.45, 2.75) is 5.88 Å². The molecule has 1 fully saturated rings. The molecule has 1 heterocycles. The van der Waals surface area contributed by atoms with Crippen LogP contribution in [-0.2, 0) is 5.88 Å². The highest BCUT2D eigenvalue weighted by Crippen LogP contribution is 2.08. The van der Waals surface area contributed by atoms with Gasteiger partial charge in [0.2, 0.25) is 0 Å². The van der Waals surface area contributed by atoms with E-state index in [2.05, 4.69) is 17.4 Å². The summed E-state index contributed by atoms with van der Waals surface area (Å²) in [6.45, 7) is 3.67. The van der Waals surface area contributed by atoms with Gasteiger partial charge in [-0.1, -0.05) is 12.1 Å². The van der Waals surface area contributed by atoms with Crippen LogP contribution in [0.15, 0.2) is 24.3 Å². The van der Waals surface area contributed by atoms with Crippen molar-refractivity contribution in [3.63, 3.8) is 0 Å². The van der Waals surface area contributed by atoms with Crippen LogP contribution in [0, 0.1) is 0 Å². The molecule has 4 nitrogen and oxygen atoms in total. The molecule has 1 aromatic rings. The summed E-state index contributed by atoms with van der Waals surface area (Å²) < 4.78 is 0. The minimum absolute atomic E-state index is 0.0634. The molecule has 0 radical (unpaired) electrons. The summed E-state index contributed by atoms with van der Waals surface area (Å²) >= 11 is 5.76. The zero-order valence-corrected chi connectivity index (χ0v) is 11.3. The van der Waals surface area contributed by atoms with E-state index in [1.807, 2.05) is 23.2 Å². The number of alkyl halides is 1. The Labute approximate surface area is 112 Å². The van der Waals surface area contributed by atoms with E-state index in [0.717, 1.165) is 31.7 Å². The van der Waals surface area contributed by atoms with Gasteiger partial charge < -0.3 is 4.90 Å². The maximum atomic E-state index is 12.1. The summed E-state index contributed by atoms with van der Waals surface area (Å²) in [6, 6.07) is 7.41. The Kier molecular flexibility index (Phi) is 4.58. The smallest absolute Gasteiger partial charge is 0.265 e. The van der Waals surface area contributed by atoms with E-state index in [1.165, 1.54) is 0 Å². The number of halogens is 1. The second-order valence-corrected chi connectivity index (χ2v) is 4.83. The van der Waals surface area contributed by atoms with Gasteiger partial charge in [0, 0.05) is 37.6 Å². The molecule has 1 amide bonds. The SMILES string of the molecule is CN1CCN(NC(=O)c2cccc(CCl)c2)CC1. The Balaban J connectivity index is 1.94. The number of hydrazine groups is 1. The number of rotatable bonds is 3. The molecule has 5 heteroatoms. The van der Waals surface area contributed by atoms with Gasteiger partial charge in [0.1, 0.15) is 0 Å². The fourth-order valence-electron chi connectivity index (χ4n) is 1.92. The molecule has 18 heavy (non-hydrogen) atoms. The van der Waals surface area contributed by atoms with Gasteiger partial charge in [0.25, 0.3) is 5.91 Å². The first kappa shape index (κ1) is 13.3. The molecule has 0 unspecified atom stereocenters. The fourth-order valence-corrected chi connectivity index (χ4v) is 2.09. The molecule has 98 valence electrons. The monoisotopic (exact) mass is 267 g/mol. The van der Waals surface area contributed by atoms with E-state index in [1.54, 1.807) is 6.07 Å². The summed E-state index contributed by atoms with van der Waals surface area (Å²) in [7, 11) is 2.09. The normalized spacial score (nSPS) is 17.7. The van der Waals surface area contributed by atoms with Crippen LogP contribution < -0.4 is 5.43 Å². The largest absolute Gasteiger partial charge is 0.304 e. The lowest BCUT2D eigenvalue weighted by Gasteiger charge is -2.32. The van der Waals surface area contributed by atoms with Crippen LogP contribution >= 0.6 is 11.6 Å². The van der Waals surface area contributed by atoms with Crippen molar-refractivity contribution in [2.75, 3.05) is 33.2 Å². The predicted molar refractivity (Wildman–Crippen MR) is 72.5 cm³/mol. The average Bonchev–Trinajstić information content (AvgIpc) is 2.41. The van der Waals surface area contributed by atoms with Crippen LogP contribution in [0.2, 0.25) is 0 Å². The van der Waals surface area contributed by atoms with Crippen molar-refractivity contribution in [2.24, 2.45) is 0 Å². The van der Waals surface area contributed by atoms with Crippen molar-refractivity contribution in [1.29, 1.82) is 0 Å². The molecule has 0 aliphatic carbocycles. The number of amides is 1. The molecule has 1 aliphatic heterocycles. The third-order valence-corrected chi connectivity index (χ3v) is 3.42. The zero-order chi connectivity index (χ0) is 13.0. The van der Waals surface area contributed by atoms with Crippen molar-refractivity contribution >= 4 is 17.5 Å². The van der Waals surface area contributed by atoms with Gasteiger partial charge in [-0.25, -0.2) is 5.01 Å². The van der Waals surface area contributed by atoms with E-state index in [0.29, 0.717) is 11.4 Å². The standard InChI is InChI=1S/C13H18ClN3O/c1-16-5-7-17(8-6-16)15-13(18)12-4-2-3-11(9-12)10-14/h2-4,9H,5-8,10H2,1H3,(H,15,18). The topological polar surface area (TPSA) is 35.6 Å². The lowest BCUT2D eigenvalue weighted by Crippen LogP contribution is -2.52. The van der Waals surface area contributed by atoms with Gasteiger partial charge in [-0.15, -0.1) is 11.6 Å². The number of benzene rings is 1. The van der Waals surface area contributed by atoms with Gasteiger partial charge in [-0.3, -0.25) is 10.2 Å². The van der Waals surface area contributed by atoms with Crippen molar-refractivity contribution in [3.8, 4) is 0 Å². The highest BCUT2D eigenvalue weighted by molar-refractivity contribution is 6.17. The number of nitrogens with zero attached hydrogens (tertiary/aromatic N) is 2. The third-order valence-electron chi connectivity index (χ3n) is 3.11. The van der Waals surface area contributed by atoms with Crippen LogP contribution in [0.3, 0.4) is 0 Å². The van der Waals surface area contributed by atoms with Gasteiger partial charge in [0.15, 0.2) is 0 Å². The molecule has 1 aliphatic rings. The number of nitrogens with one attached hydrogen (secondary N) is 1. The van der Waals surface area contributed by atoms with Crippen molar-refractivity contribution in [1.82, 2.24) is 15.3 Å². The van der Waals surface area contributed by atoms with Crippen molar-refractivity contribution in [3.05, 3.63) is 35.4 Å². The molecule has 1 saturated heterocycles. The second kappa shape index (κ2) is 6.18. The number of likely N-dealkylation sites (N-methyl/N-ethyl adjacent to an activating group) is 1. The van der Waals surface area contributed by atoms with Crippen LogP contribution in [0.4, 0.5) is 0 Å². The van der Waals surface area contributed by atoms with Crippen LogP contribution in [-0.4, -0.2) is 49.0 Å². The van der Waals surface area contributed by atoms with Gasteiger partial charge in [0.05, 0.1) is 0 Å². The Hall–Kier alpha value is -1.10. The Morgan fingerprint density at radius 3 is 2.72 bits per heavy atom.